The summed E-state index contributed by atoms with van der Waals surface area (Å²) in [4.78, 5) is 3.78. The fraction of sp³-hybridized carbons (Fsp3) is 0.0952. The van der Waals surface area contributed by atoms with Crippen LogP contribution in [0.2, 0.25) is 0 Å². The molecule has 3 aromatic rings. The lowest BCUT2D eigenvalue weighted by Gasteiger charge is -2.27. The van der Waals surface area contributed by atoms with Crippen molar-refractivity contribution in [3.8, 4) is 0 Å². The van der Waals surface area contributed by atoms with Crippen molar-refractivity contribution in [2.45, 2.75) is 12.0 Å². The molecule has 0 aliphatic heterocycles. The lowest BCUT2D eigenvalue weighted by atomic mass is 10.2. The third-order valence-electron chi connectivity index (χ3n) is 4.08. The molecule has 0 saturated carbocycles. The SMILES string of the molecule is O=P(c1ccccc1)(c1ccccc1)[C@@H](N=Cc1ccccc1)C(F)(F)F. The second-order valence-corrected chi connectivity index (χ2v) is 8.77. The number of nitrogens with zero attached hydrogens (tertiary/aromatic N) is 1. The van der Waals surface area contributed by atoms with Crippen molar-refractivity contribution in [1.82, 2.24) is 0 Å². The van der Waals surface area contributed by atoms with Gasteiger partial charge in [-0.2, -0.15) is 13.2 Å². The highest BCUT2D eigenvalue weighted by molar-refractivity contribution is 7.79. The van der Waals surface area contributed by atoms with Crippen molar-refractivity contribution in [2.75, 3.05) is 0 Å². The Kier molecular flexibility index (Phi) is 5.62. The molecule has 138 valence electrons. The Labute approximate surface area is 155 Å². The van der Waals surface area contributed by atoms with Gasteiger partial charge in [0.25, 0.3) is 0 Å². The van der Waals surface area contributed by atoms with Gasteiger partial charge in [0.2, 0.25) is 5.78 Å². The van der Waals surface area contributed by atoms with Crippen LogP contribution >= 0.6 is 7.14 Å². The first kappa shape index (κ1) is 19.1. The van der Waals surface area contributed by atoms with Crippen LogP contribution in [0.25, 0.3) is 0 Å². The minimum atomic E-state index is -4.77. The second-order valence-electron chi connectivity index (χ2n) is 5.93. The largest absolute Gasteiger partial charge is 0.418 e. The number of aliphatic imine (C=N–C) groups is 1. The second kappa shape index (κ2) is 7.93. The van der Waals surface area contributed by atoms with Gasteiger partial charge in [-0.25, -0.2) is 0 Å². The standard InChI is InChI=1S/C21H17F3NOP/c22-21(23,24)20(25-16-17-10-4-1-5-11-17)27(26,18-12-6-2-7-13-18)19-14-8-3-9-15-19/h1-16,20H/t20-/m1/s1. The van der Waals surface area contributed by atoms with E-state index in [-0.39, 0.29) is 10.6 Å². The highest BCUT2D eigenvalue weighted by Gasteiger charge is 2.53. The number of hydrogen-bond donors (Lipinski definition) is 0. The molecule has 0 aliphatic carbocycles. The molecule has 0 spiro atoms. The third kappa shape index (κ3) is 4.20. The van der Waals surface area contributed by atoms with Gasteiger partial charge in [-0.05, 0) is 5.56 Å². The van der Waals surface area contributed by atoms with Crippen molar-refractivity contribution in [1.29, 1.82) is 0 Å². The normalized spacial score (nSPS) is 13.6. The van der Waals surface area contributed by atoms with Crippen LogP contribution in [0.3, 0.4) is 0 Å². The van der Waals surface area contributed by atoms with Crippen molar-refractivity contribution >= 4 is 24.0 Å². The van der Waals surface area contributed by atoms with Gasteiger partial charge in [0.1, 0.15) is 0 Å². The molecule has 0 fully saturated rings. The highest BCUT2D eigenvalue weighted by Crippen LogP contribution is 2.55. The van der Waals surface area contributed by atoms with E-state index in [4.69, 9.17) is 0 Å². The summed E-state index contributed by atoms with van der Waals surface area (Å²) < 4.78 is 56.0. The molecule has 0 N–H and O–H groups in total. The topological polar surface area (TPSA) is 29.4 Å². The highest BCUT2D eigenvalue weighted by atomic mass is 31.2. The number of hydrogen-bond acceptors (Lipinski definition) is 2. The van der Waals surface area contributed by atoms with Crippen LogP contribution in [0.4, 0.5) is 13.2 Å². The predicted molar refractivity (Wildman–Crippen MR) is 104 cm³/mol. The molecule has 0 bridgehead atoms. The van der Waals surface area contributed by atoms with Gasteiger partial charge in [0.15, 0.2) is 7.14 Å². The molecule has 0 aliphatic rings. The molecular weight excluding hydrogens is 370 g/mol. The molecule has 3 rings (SSSR count). The molecule has 6 heteroatoms. The van der Waals surface area contributed by atoms with Gasteiger partial charge in [-0.3, -0.25) is 4.99 Å². The summed E-state index contributed by atoms with van der Waals surface area (Å²) in [5.41, 5.74) is 0.513. The maximum absolute atomic E-state index is 14.0. The van der Waals surface area contributed by atoms with E-state index in [0.29, 0.717) is 5.56 Å². The fourth-order valence-electron chi connectivity index (χ4n) is 2.81. The minimum Gasteiger partial charge on any atom is -0.311 e. The van der Waals surface area contributed by atoms with Gasteiger partial charge in [0, 0.05) is 16.8 Å². The van der Waals surface area contributed by atoms with Crippen LogP contribution in [0.15, 0.2) is 96.0 Å². The van der Waals surface area contributed by atoms with Crippen LogP contribution in [0, 0.1) is 0 Å². The van der Waals surface area contributed by atoms with E-state index >= 15 is 0 Å². The molecular formula is C21H17F3NOP. The monoisotopic (exact) mass is 387 g/mol. The van der Waals surface area contributed by atoms with E-state index in [1.54, 1.807) is 66.7 Å². The zero-order valence-corrected chi connectivity index (χ0v) is 15.1. The molecule has 0 saturated heterocycles. The summed E-state index contributed by atoms with van der Waals surface area (Å²) in [5, 5.41) is 0.257. The summed E-state index contributed by atoms with van der Waals surface area (Å²) >= 11 is 0. The maximum Gasteiger partial charge on any atom is 0.418 e. The van der Waals surface area contributed by atoms with Crippen molar-refractivity contribution in [3.05, 3.63) is 96.6 Å². The zero-order chi connectivity index (χ0) is 19.3. The number of halogens is 3. The first-order valence-corrected chi connectivity index (χ1v) is 10.1. The lowest BCUT2D eigenvalue weighted by Crippen LogP contribution is -2.35. The average molecular weight is 387 g/mol. The Balaban J connectivity index is 2.18. The van der Waals surface area contributed by atoms with Crippen molar-refractivity contribution in [3.63, 3.8) is 0 Å². The molecule has 27 heavy (non-hydrogen) atoms. The third-order valence-corrected chi connectivity index (χ3v) is 7.33. The van der Waals surface area contributed by atoms with Crippen molar-refractivity contribution in [2.24, 2.45) is 4.99 Å². The van der Waals surface area contributed by atoms with Gasteiger partial charge >= 0.3 is 6.18 Å². The Morgan fingerprint density at radius 2 is 1.15 bits per heavy atom. The number of benzene rings is 3. The smallest absolute Gasteiger partial charge is 0.311 e. The van der Waals surface area contributed by atoms with Gasteiger partial charge in [-0.15, -0.1) is 0 Å². The molecule has 0 radical (unpaired) electrons. The van der Waals surface area contributed by atoms with E-state index in [1.165, 1.54) is 24.3 Å². The first-order valence-electron chi connectivity index (χ1n) is 8.28. The summed E-state index contributed by atoms with van der Waals surface area (Å²) in [6.07, 6.45) is -3.64. The van der Waals surface area contributed by atoms with E-state index < -0.39 is 19.1 Å². The molecule has 0 aromatic heterocycles. The Hall–Kier alpha value is -2.65. The van der Waals surface area contributed by atoms with Crippen LogP contribution < -0.4 is 10.6 Å². The summed E-state index contributed by atoms with van der Waals surface area (Å²) in [6, 6.07) is 24.0. The summed E-state index contributed by atoms with van der Waals surface area (Å²) in [5.74, 6) is -2.37. The Morgan fingerprint density at radius 3 is 1.56 bits per heavy atom. The Morgan fingerprint density at radius 1 is 0.741 bits per heavy atom. The van der Waals surface area contributed by atoms with E-state index in [2.05, 4.69) is 4.99 Å². The summed E-state index contributed by atoms with van der Waals surface area (Å²) in [6.45, 7) is 0. The molecule has 0 unspecified atom stereocenters. The van der Waals surface area contributed by atoms with Gasteiger partial charge in [0.05, 0.1) is 0 Å². The van der Waals surface area contributed by atoms with E-state index in [9.17, 15) is 17.7 Å². The van der Waals surface area contributed by atoms with Crippen molar-refractivity contribution < 1.29 is 17.7 Å². The van der Waals surface area contributed by atoms with E-state index in [0.717, 1.165) is 6.21 Å². The Bertz CT molecular complexity index is 898. The molecule has 2 nitrogen and oxygen atoms in total. The zero-order valence-electron chi connectivity index (χ0n) is 14.3. The average Bonchev–Trinajstić information content (AvgIpc) is 2.69. The summed E-state index contributed by atoms with van der Waals surface area (Å²) in [7, 11) is -4.12. The maximum atomic E-state index is 14.0. The number of rotatable bonds is 5. The lowest BCUT2D eigenvalue weighted by molar-refractivity contribution is -0.128. The fourth-order valence-corrected chi connectivity index (χ4v) is 5.57. The number of alkyl halides is 3. The quantitative estimate of drug-likeness (QED) is 0.447. The van der Waals surface area contributed by atoms with Crippen LogP contribution in [0.5, 0.6) is 0 Å². The minimum absolute atomic E-state index is 0.128. The van der Waals surface area contributed by atoms with Gasteiger partial charge < -0.3 is 4.57 Å². The van der Waals surface area contributed by atoms with E-state index in [1.807, 2.05) is 0 Å². The predicted octanol–water partition coefficient (Wildman–Crippen LogP) is 5.01. The molecule has 0 heterocycles. The molecule has 3 aromatic carbocycles. The first-order chi connectivity index (χ1) is 12.9. The molecule has 0 amide bonds. The van der Waals surface area contributed by atoms with Crippen LogP contribution in [-0.4, -0.2) is 18.2 Å². The van der Waals surface area contributed by atoms with Crippen LogP contribution in [0.1, 0.15) is 5.56 Å². The van der Waals surface area contributed by atoms with Crippen LogP contribution in [-0.2, 0) is 4.57 Å². The van der Waals surface area contributed by atoms with Gasteiger partial charge in [-0.1, -0.05) is 91.0 Å². The molecule has 1 atom stereocenters.